The molecule has 0 aromatic carbocycles. The number of carbonyl (C=O) groups excluding carboxylic acids is 1. The summed E-state index contributed by atoms with van der Waals surface area (Å²) in [5.41, 5.74) is -0.468. The van der Waals surface area contributed by atoms with E-state index >= 15 is 0 Å². The van der Waals surface area contributed by atoms with Crippen LogP contribution in [0.1, 0.15) is 58.2 Å². The minimum atomic E-state index is -3.29. The fourth-order valence-electron chi connectivity index (χ4n) is 4.69. The summed E-state index contributed by atoms with van der Waals surface area (Å²) < 4.78 is 32.4. The first-order valence-corrected chi connectivity index (χ1v) is 11.5. The van der Waals surface area contributed by atoms with Crippen molar-refractivity contribution in [3.05, 3.63) is 11.7 Å². The van der Waals surface area contributed by atoms with E-state index in [2.05, 4.69) is 14.9 Å². The molecule has 152 valence electrons. The molecule has 1 amide bonds. The van der Waals surface area contributed by atoms with E-state index in [1.54, 1.807) is 13.8 Å². The van der Waals surface area contributed by atoms with Gasteiger partial charge in [-0.25, -0.2) is 13.1 Å². The molecule has 1 aliphatic heterocycles. The number of nitrogens with zero attached hydrogens (tertiary/aromatic N) is 3. The first-order chi connectivity index (χ1) is 12.7. The van der Waals surface area contributed by atoms with Gasteiger partial charge in [0.2, 0.25) is 21.8 Å². The average molecular weight is 399 g/mol. The molecule has 0 radical (unpaired) electrons. The number of likely N-dealkylation sites (tertiary alicyclic amines) is 1. The third-order valence-corrected chi connectivity index (χ3v) is 7.65. The van der Waals surface area contributed by atoms with Crippen LogP contribution in [0.15, 0.2) is 4.52 Å². The lowest BCUT2D eigenvalue weighted by Gasteiger charge is -2.27. The van der Waals surface area contributed by atoms with E-state index in [1.165, 1.54) is 0 Å². The number of sulfonamides is 1. The van der Waals surface area contributed by atoms with Gasteiger partial charge in [0, 0.05) is 25.0 Å². The van der Waals surface area contributed by atoms with E-state index < -0.39 is 15.4 Å². The summed E-state index contributed by atoms with van der Waals surface area (Å²) in [5, 5.41) is 3.94. The van der Waals surface area contributed by atoms with Crippen molar-refractivity contribution in [1.82, 2.24) is 19.8 Å². The number of nitrogens with one attached hydrogen (secondary N) is 1. The Morgan fingerprint density at radius 1 is 1.37 bits per heavy atom. The zero-order chi connectivity index (χ0) is 19.8. The standard InChI is InChI=1S/C18H30N4O4S/c1-5-13(6-2)16(23)22-10-14-8-15(21-27(24,25)7-3)9-18(14,11-22)17-19-12(4)20-26-17/h13-15,21H,5-11H2,1-4H3/t14?,15-,18+/m1/s1. The van der Waals surface area contributed by atoms with Gasteiger partial charge in [-0.2, -0.15) is 4.98 Å². The molecule has 1 unspecified atom stereocenters. The SMILES string of the molecule is CCC(CC)C(=O)N1CC2C[C@@H](NS(=O)(=O)CC)C[C@]2(c2nc(C)no2)C1. The molecule has 1 aromatic heterocycles. The van der Waals surface area contributed by atoms with Gasteiger partial charge in [0.25, 0.3) is 0 Å². The third kappa shape index (κ3) is 3.76. The van der Waals surface area contributed by atoms with Crippen molar-refractivity contribution >= 4 is 15.9 Å². The summed E-state index contributed by atoms with van der Waals surface area (Å²) in [4.78, 5) is 19.3. The molecule has 1 aliphatic carbocycles. The number of hydrogen-bond acceptors (Lipinski definition) is 6. The van der Waals surface area contributed by atoms with Gasteiger partial charge in [0.15, 0.2) is 5.82 Å². The molecule has 1 saturated heterocycles. The highest BCUT2D eigenvalue weighted by molar-refractivity contribution is 7.89. The number of carbonyl (C=O) groups is 1. The highest BCUT2D eigenvalue weighted by Crippen LogP contribution is 2.50. The van der Waals surface area contributed by atoms with Crippen molar-refractivity contribution in [3.63, 3.8) is 0 Å². The van der Waals surface area contributed by atoms with Crippen molar-refractivity contribution in [3.8, 4) is 0 Å². The molecular formula is C18H30N4O4S. The molecule has 8 nitrogen and oxygen atoms in total. The summed E-state index contributed by atoms with van der Waals surface area (Å²) >= 11 is 0. The van der Waals surface area contributed by atoms with Crippen molar-refractivity contribution in [2.24, 2.45) is 11.8 Å². The van der Waals surface area contributed by atoms with Gasteiger partial charge >= 0.3 is 0 Å². The smallest absolute Gasteiger partial charge is 0.235 e. The van der Waals surface area contributed by atoms with E-state index in [-0.39, 0.29) is 29.5 Å². The number of aromatic nitrogens is 2. The molecule has 0 bridgehead atoms. The van der Waals surface area contributed by atoms with Crippen LogP contribution >= 0.6 is 0 Å². The van der Waals surface area contributed by atoms with Crippen LogP contribution in [-0.2, 0) is 20.2 Å². The maximum Gasteiger partial charge on any atom is 0.235 e. The highest BCUT2D eigenvalue weighted by atomic mass is 32.2. The molecule has 2 aliphatic rings. The van der Waals surface area contributed by atoms with Gasteiger partial charge < -0.3 is 9.42 Å². The molecule has 3 rings (SSSR count). The third-order valence-electron chi connectivity index (χ3n) is 6.20. The van der Waals surface area contributed by atoms with Crippen LogP contribution in [0.2, 0.25) is 0 Å². The molecule has 0 spiro atoms. The zero-order valence-corrected chi connectivity index (χ0v) is 17.4. The molecule has 3 atom stereocenters. The maximum atomic E-state index is 12.9. The van der Waals surface area contributed by atoms with Crippen molar-refractivity contribution in [2.45, 2.75) is 64.8 Å². The van der Waals surface area contributed by atoms with Gasteiger partial charge in [0.1, 0.15) is 0 Å². The number of fused-ring (bicyclic) bond motifs is 1. The topological polar surface area (TPSA) is 105 Å². The molecule has 2 heterocycles. The highest BCUT2D eigenvalue weighted by Gasteiger charge is 2.58. The molecule has 1 aromatic rings. The molecule has 2 fully saturated rings. The summed E-state index contributed by atoms with van der Waals surface area (Å²) in [6.45, 7) is 8.60. The van der Waals surface area contributed by atoms with Crippen LogP contribution in [0, 0.1) is 18.8 Å². The second-order valence-electron chi connectivity index (χ2n) is 7.89. The van der Waals surface area contributed by atoms with Crippen LogP contribution in [0.4, 0.5) is 0 Å². The van der Waals surface area contributed by atoms with Gasteiger partial charge in [-0.05, 0) is 45.4 Å². The molecule has 27 heavy (non-hydrogen) atoms. The minimum Gasteiger partial charge on any atom is -0.341 e. The number of aryl methyl sites for hydroxylation is 1. The first kappa shape index (κ1) is 20.3. The molecule has 1 saturated carbocycles. The monoisotopic (exact) mass is 398 g/mol. The van der Waals surface area contributed by atoms with Crippen molar-refractivity contribution < 1.29 is 17.7 Å². The van der Waals surface area contributed by atoms with Gasteiger partial charge in [-0.15, -0.1) is 0 Å². The van der Waals surface area contributed by atoms with E-state index in [4.69, 9.17) is 4.52 Å². The summed E-state index contributed by atoms with van der Waals surface area (Å²) in [5.74, 6) is 1.46. The lowest BCUT2D eigenvalue weighted by Crippen LogP contribution is -2.41. The number of amides is 1. The summed E-state index contributed by atoms with van der Waals surface area (Å²) in [6, 6.07) is -0.169. The van der Waals surface area contributed by atoms with E-state index in [0.29, 0.717) is 37.6 Å². The quantitative estimate of drug-likeness (QED) is 0.748. The Kier molecular flexibility index (Phi) is 5.63. The van der Waals surface area contributed by atoms with Crippen molar-refractivity contribution in [1.29, 1.82) is 0 Å². The lowest BCUT2D eigenvalue weighted by atomic mass is 9.80. The predicted octanol–water partition coefficient (Wildman–Crippen LogP) is 1.61. The predicted molar refractivity (Wildman–Crippen MR) is 100 cm³/mol. The van der Waals surface area contributed by atoms with Gasteiger partial charge in [0.05, 0.1) is 11.2 Å². The van der Waals surface area contributed by atoms with Crippen LogP contribution in [0.5, 0.6) is 0 Å². The Morgan fingerprint density at radius 3 is 2.63 bits per heavy atom. The second kappa shape index (κ2) is 7.50. The zero-order valence-electron chi connectivity index (χ0n) is 16.6. The number of hydrogen-bond donors (Lipinski definition) is 1. The van der Waals surface area contributed by atoms with E-state index in [0.717, 1.165) is 12.8 Å². The van der Waals surface area contributed by atoms with Crippen LogP contribution < -0.4 is 4.72 Å². The first-order valence-electron chi connectivity index (χ1n) is 9.84. The fraction of sp³-hybridized carbons (Fsp3) is 0.833. The number of rotatable bonds is 7. The van der Waals surface area contributed by atoms with Crippen LogP contribution in [-0.4, -0.2) is 54.2 Å². The van der Waals surface area contributed by atoms with Gasteiger partial charge in [-0.1, -0.05) is 19.0 Å². The maximum absolute atomic E-state index is 12.9. The Bertz CT molecular complexity index is 789. The lowest BCUT2D eigenvalue weighted by molar-refractivity contribution is -0.135. The summed E-state index contributed by atoms with van der Waals surface area (Å²) in [7, 11) is -3.29. The Labute approximate surface area is 161 Å². The largest absolute Gasteiger partial charge is 0.341 e. The van der Waals surface area contributed by atoms with Crippen molar-refractivity contribution in [2.75, 3.05) is 18.8 Å². The molecular weight excluding hydrogens is 368 g/mol. The summed E-state index contributed by atoms with van der Waals surface area (Å²) in [6.07, 6.45) is 2.89. The van der Waals surface area contributed by atoms with E-state index in [1.807, 2.05) is 18.7 Å². The van der Waals surface area contributed by atoms with Crippen LogP contribution in [0.25, 0.3) is 0 Å². The Morgan fingerprint density at radius 2 is 2.07 bits per heavy atom. The molecule has 9 heteroatoms. The normalized spacial score (nSPS) is 28.1. The molecule has 1 N–H and O–H groups in total. The minimum absolute atomic E-state index is 0.0275. The second-order valence-corrected chi connectivity index (χ2v) is 9.93. The Balaban J connectivity index is 1.87. The average Bonchev–Trinajstić information content (AvgIpc) is 3.28. The van der Waals surface area contributed by atoms with Gasteiger partial charge in [-0.3, -0.25) is 4.79 Å². The fourth-order valence-corrected chi connectivity index (χ4v) is 5.55. The Hall–Kier alpha value is -1.48. The van der Waals surface area contributed by atoms with Crippen LogP contribution in [0.3, 0.4) is 0 Å². The van der Waals surface area contributed by atoms with E-state index in [9.17, 15) is 13.2 Å².